The number of aromatic amines is 2. The van der Waals surface area contributed by atoms with E-state index in [4.69, 9.17) is 5.73 Å². The number of benzene rings is 2. The monoisotopic (exact) mass is 371 g/mol. The van der Waals surface area contributed by atoms with Gasteiger partial charge in [0.15, 0.2) is 5.95 Å². The Morgan fingerprint density at radius 2 is 1.96 bits per heavy atom. The van der Waals surface area contributed by atoms with Crippen molar-refractivity contribution in [3.63, 3.8) is 0 Å². The number of carbonyl (C=O) groups is 1. The minimum Gasteiger partial charge on any atom is -0.369 e. The molecule has 6 nitrogen and oxygen atoms in total. The highest BCUT2D eigenvalue weighted by molar-refractivity contribution is 6.06. The molecule has 8 heteroatoms. The number of nitrogens with zero attached hydrogens (tertiary/aromatic N) is 1. The minimum atomic E-state index is -0.343. The Balaban J connectivity index is 0.00000196. The summed E-state index contributed by atoms with van der Waals surface area (Å²) in [6, 6.07) is 13.2. The van der Waals surface area contributed by atoms with Crippen LogP contribution in [0.3, 0.4) is 0 Å². The van der Waals surface area contributed by atoms with E-state index in [1.807, 2.05) is 18.2 Å². The first-order valence-corrected chi connectivity index (χ1v) is 7.59. The fraction of sp³-hybridized carbons (Fsp3) is 0. The van der Waals surface area contributed by atoms with Crippen LogP contribution in [0.15, 0.2) is 54.7 Å². The Labute approximate surface area is 154 Å². The third-order valence-electron chi connectivity index (χ3n) is 3.85. The predicted octanol–water partition coefficient (Wildman–Crippen LogP) is 3.95. The molecule has 0 aliphatic rings. The second kappa shape index (κ2) is 6.89. The summed E-state index contributed by atoms with van der Waals surface area (Å²) >= 11 is 0. The van der Waals surface area contributed by atoms with Gasteiger partial charge in [0, 0.05) is 22.2 Å². The molecule has 4 rings (SSSR count). The van der Waals surface area contributed by atoms with Crippen LogP contribution < -0.4 is 11.1 Å². The molecule has 5 N–H and O–H groups in total. The lowest BCUT2D eigenvalue weighted by atomic mass is 10.1. The first kappa shape index (κ1) is 17.5. The number of hydrogen-bond acceptors (Lipinski definition) is 3. The van der Waals surface area contributed by atoms with Gasteiger partial charge in [0.1, 0.15) is 11.5 Å². The van der Waals surface area contributed by atoms with Crippen LogP contribution >= 0.6 is 12.4 Å². The molecule has 0 saturated heterocycles. The second-order valence-corrected chi connectivity index (χ2v) is 5.63. The number of amides is 1. The van der Waals surface area contributed by atoms with Gasteiger partial charge in [-0.05, 0) is 36.4 Å². The van der Waals surface area contributed by atoms with Gasteiger partial charge >= 0.3 is 0 Å². The molecule has 0 aliphatic heterocycles. The summed E-state index contributed by atoms with van der Waals surface area (Å²) in [7, 11) is 0. The molecule has 0 unspecified atom stereocenters. The lowest BCUT2D eigenvalue weighted by molar-refractivity contribution is 0.102. The smallest absolute Gasteiger partial charge is 0.272 e. The lowest BCUT2D eigenvalue weighted by Crippen LogP contribution is -2.12. The van der Waals surface area contributed by atoms with Crippen LogP contribution in [0.1, 0.15) is 10.5 Å². The van der Waals surface area contributed by atoms with Crippen LogP contribution in [0.5, 0.6) is 0 Å². The molecule has 132 valence electrons. The Hall–Kier alpha value is -3.32. The van der Waals surface area contributed by atoms with Gasteiger partial charge in [-0.15, -0.1) is 12.4 Å². The van der Waals surface area contributed by atoms with E-state index in [2.05, 4.69) is 20.3 Å². The first-order valence-electron chi connectivity index (χ1n) is 7.59. The number of anilines is 2. The Morgan fingerprint density at radius 1 is 1.12 bits per heavy atom. The standard InChI is InChI=1S/C18H14FN5O.ClH/c19-12-4-5-14-11(6-12)8-15(23-14)17(25)22-13-3-1-2-10(7-13)16-9-21-18(20)24-16;/h1-9,23H,(H,22,25)(H3,20,21,24);1H. The van der Waals surface area contributed by atoms with E-state index in [1.54, 1.807) is 24.4 Å². The molecule has 1 amide bonds. The SMILES string of the molecule is Cl.Nc1ncc(-c2cccc(NC(=O)c3cc4cc(F)ccc4[nH]3)c2)[nH]1. The molecular weight excluding hydrogens is 357 g/mol. The highest BCUT2D eigenvalue weighted by Crippen LogP contribution is 2.22. The van der Waals surface area contributed by atoms with Crippen LogP contribution in [-0.2, 0) is 0 Å². The third-order valence-corrected chi connectivity index (χ3v) is 3.85. The van der Waals surface area contributed by atoms with E-state index in [0.717, 1.165) is 11.3 Å². The fourth-order valence-corrected chi connectivity index (χ4v) is 2.67. The molecule has 0 fully saturated rings. The van der Waals surface area contributed by atoms with Crippen molar-refractivity contribution in [3.8, 4) is 11.3 Å². The number of halogens is 2. The molecule has 0 atom stereocenters. The zero-order chi connectivity index (χ0) is 17.4. The zero-order valence-electron chi connectivity index (χ0n) is 13.4. The molecular formula is C18H15ClFN5O. The Kier molecular flexibility index (Phi) is 4.64. The van der Waals surface area contributed by atoms with Crippen molar-refractivity contribution in [1.29, 1.82) is 0 Å². The summed E-state index contributed by atoms with van der Waals surface area (Å²) in [5, 5.41) is 3.47. The van der Waals surface area contributed by atoms with Gasteiger partial charge in [-0.3, -0.25) is 4.79 Å². The van der Waals surface area contributed by atoms with E-state index in [9.17, 15) is 9.18 Å². The van der Waals surface area contributed by atoms with Gasteiger partial charge in [-0.2, -0.15) is 0 Å². The Bertz CT molecular complexity index is 1090. The van der Waals surface area contributed by atoms with Crippen LogP contribution in [0.25, 0.3) is 22.2 Å². The number of hydrogen-bond donors (Lipinski definition) is 4. The zero-order valence-corrected chi connectivity index (χ0v) is 14.2. The van der Waals surface area contributed by atoms with Gasteiger partial charge in [-0.1, -0.05) is 12.1 Å². The van der Waals surface area contributed by atoms with Gasteiger partial charge < -0.3 is 21.0 Å². The first-order chi connectivity index (χ1) is 12.1. The normalized spacial score (nSPS) is 10.5. The molecule has 0 saturated carbocycles. The number of carbonyl (C=O) groups excluding carboxylic acids is 1. The largest absolute Gasteiger partial charge is 0.369 e. The van der Waals surface area contributed by atoms with E-state index in [-0.39, 0.29) is 24.1 Å². The number of imidazole rings is 1. The quantitative estimate of drug-likeness (QED) is 0.438. The van der Waals surface area contributed by atoms with Crippen molar-refractivity contribution in [2.24, 2.45) is 0 Å². The average Bonchev–Trinajstić information content (AvgIpc) is 3.21. The van der Waals surface area contributed by atoms with Crippen LogP contribution in [-0.4, -0.2) is 20.9 Å². The second-order valence-electron chi connectivity index (χ2n) is 5.63. The average molecular weight is 372 g/mol. The van der Waals surface area contributed by atoms with E-state index >= 15 is 0 Å². The number of rotatable bonds is 3. The number of aromatic nitrogens is 3. The van der Waals surface area contributed by atoms with E-state index in [0.29, 0.717) is 28.2 Å². The topological polar surface area (TPSA) is 99.6 Å². The van der Waals surface area contributed by atoms with Crippen LogP contribution in [0.4, 0.5) is 16.0 Å². The van der Waals surface area contributed by atoms with Gasteiger partial charge in [0.2, 0.25) is 0 Å². The minimum absolute atomic E-state index is 0. The predicted molar refractivity (Wildman–Crippen MR) is 102 cm³/mol. The van der Waals surface area contributed by atoms with Crippen LogP contribution in [0.2, 0.25) is 0 Å². The molecule has 0 radical (unpaired) electrons. The summed E-state index contributed by atoms with van der Waals surface area (Å²) in [6.45, 7) is 0. The van der Waals surface area contributed by atoms with Crippen molar-refractivity contribution >= 4 is 40.9 Å². The van der Waals surface area contributed by atoms with Crippen molar-refractivity contribution < 1.29 is 9.18 Å². The maximum Gasteiger partial charge on any atom is 0.272 e. The third kappa shape index (κ3) is 3.38. The maximum absolute atomic E-state index is 13.3. The summed E-state index contributed by atoms with van der Waals surface area (Å²) in [5.74, 6) is -0.322. The fourth-order valence-electron chi connectivity index (χ4n) is 2.67. The van der Waals surface area contributed by atoms with Gasteiger partial charge in [0.25, 0.3) is 5.91 Å². The number of nitrogens with one attached hydrogen (secondary N) is 3. The van der Waals surface area contributed by atoms with Gasteiger partial charge in [-0.25, -0.2) is 9.37 Å². The van der Waals surface area contributed by atoms with Crippen LogP contribution in [0, 0.1) is 5.82 Å². The van der Waals surface area contributed by atoms with Gasteiger partial charge in [0.05, 0.1) is 11.9 Å². The lowest BCUT2D eigenvalue weighted by Gasteiger charge is -2.05. The van der Waals surface area contributed by atoms with E-state index in [1.165, 1.54) is 12.1 Å². The molecule has 2 heterocycles. The number of nitrogens with two attached hydrogens (primary N) is 1. The summed E-state index contributed by atoms with van der Waals surface area (Å²) in [6.07, 6.45) is 1.63. The number of H-pyrrole nitrogens is 2. The van der Waals surface area contributed by atoms with E-state index < -0.39 is 0 Å². The molecule has 2 aromatic heterocycles. The van der Waals surface area contributed by atoms with Crippen molar-refractivity contribution in [2.45, 2.75) is 0 Å². The summed E-state index contributed by atoms with van der Waals surface area (Å²) in [5.41, 5.74) is 8.88. The Morgan fingerprint density at radius 3 is 2.73 bits per heavy atom. The molecule has 4 aromatic rings. The van der Waals surface area contributed by atoms with Crippen molar-refractivity contribution in [1.82, 2.24) is 15.0 Å². The molecule has 0 spiro atoms. The summed E-state index contributed by atoms with van der Waals surface area (Å²) in [4.78, 5) is 22.3. The summed E-state index contributed by atoms with van der Waals surface area (Å²) < 4.78 is 13.3. The number of nitrogen functional groups attached to an aromatic ring is 1. The maximum atomic E-state index is 13.3. The van der Waals surface area contributed by atoms with Crippen molar-refractivity contribution in [3.05, 3.63) is 66.2 Å². The molecule has 2 aromatic carbocycles. The molecule has 0 aliphatic carbocycles. The molecule has 26 heavy (non-hydrogen) atoms. The highest BCUT2D eigenvalue weighted by Gasteiger charge is 2.11. The highest BCUT2D eigenvalue weighted by atomic mass is 35.5. The molecule has 0 bridgehead atoms. The van der Waals surface area contributed by atoms with Crippen molar-refractivity contribution in [2.75, 3.05) is 11.1 Å². The number of fused-ring (bicyclic) bond motifs is 1.